The first-order valence-corrected chi connectivity index (χ1v) is 7.14. The average Bonchev–Trinajstić information content (AvgIpc) is 2.26. The van der Waals surface area contributed by atoms with Crippen LogP contribution in [0.15, 0.2) is 0 Å². The molecule has 0 fully saturated rings. The second-order valence-corrected chi connectivity index (χ2v) is 5.93. The molecule has 0 aromatic rings. The maximum absolute atomic E-state index is 12.1. The number of hydrogen-bond acceptors (Lipinski definition) is 3. The van der Waals surface area contributed by atoms with E-state index in [1.807, 2.05) is 13.8 Å². The van der Waals surface area contributed by atoms with Gasteiger partial charge < -0.3 is 5.11 Å². The highest BCUT2D eigenvalue weighted by molar-refractivity contribution is 7.86. The molecule has 0 saturated heterocycles. The van der Waals surface area contributed by atoms with Crippen LogP contribution in [-0.2, 0) is 15.0 Å². The van der Waals surface area contributed by atoms with Crippen LogP contribution >= 0.6 is 0 Å². The van der Waals surface area contributed by atoms with Crippen molar-refractivity contribution in [1.82, 2.24) is 8.61 Å². The van der Waals surface area contributed by atoms with Crippen LogP contribution in [0.4, 0.5) is 0 Å². The van der Waals surface area contributed by atoms with Crippen LogP contribution in [0.25, 0.3) is 0 Å². The van der Waals surface area contributed by atoms with Crippen molar-refractivity contribution in [2.75, 3.05) is 20.1 Å². The van der Waals surface area contributed by atoms with Crippen LogP contribution in [0.1, 0.15) is 33.6 Å². The van der Waals surface area contributed by atoms with Crippen molar-refractivity contribution in [3.05, 3.63) is 0 Å². The highest BCUT2D eigenvalue weighted by atomic mass is 32.2. The Morgan fingerprint density at radius 1 is 1.24 bits per heavy atom. The van der Waals surface area contributed by atoms with Gasteiger partial charge in [-0.1, -0.05) is 13.8 Å². The van der Waals surface area contributed by atoms with Gasteiger partial charge in [0.1, 0.15) is 6.04 Å². The van der Waals surface area contributed by atoms with Crippen LogP contribution in [0.2, 0.25) is 0 Å². The number of nitrogens with zero attached hydrogens (tertiary/aromatic N) is 2. The predicted octanol–water partition coefficient (Wildman–Crippen LogP) is 0.758. The molecule has 1 unspecified atom stereocenters. The van der Waals surface area contributed by atoms with Gasteiger partial charge in [0.2, 0.25) is 0 Å². The Kier molecular flexibility index (Phi) is 6.66. The molecule has 0 radical (unpaired) electrons. The fourth-order valence-corrected chi connectivity index (χ4v) is 3.06. The van der Waals surface area contributed by atoms with Crippen LogP contribution in [0, 0.1) is 0 Å². The zero-order valence-electron chi connectivity index (χ0n) is 10.9. The lowest BCUT2D eigenvalue weighted by molar-refractivity contribution is -0.140. The molecule has 0 aliphatic rings. The number of likely N-dealkylation sites (N-methyl/N-ethyl adjacent to an activating group) is 1. The van der Waals surface area contributed by atoms with Crippen molar-refractivity contribution in [1.29, 1.82) is 0 Å². The highest BCUT2D eigenvalue weighted by Gasteiger charge is 2.32. The molecule has 102 valence electrons. The summed E-state index contributed by atoms with van der Waals surface area (Å²) in [5, 5.41) is 8.83. The fraction of sp³-hybridized carbons (Fsp3) is 0.900. The van der Waals surface area contributed by atoms with E-state index in [1.54, 1.807) is 0 Å². The van der Waals surface area contributed by atoms with Gasteiger partial charge in [-0.3, -0.25) is 4.79 Å². The first kappa shape index (κ1) is 16.3. The number of hydrogen-bond donors (Lipinski definition) is 1. The standard InChI is InChI=1S/C10H22N2O4S/c1-5-7-12(8-6-2)17(15,16)11(4)9(3)10(13)14/h9H,5-8H2,1-4H3,(H,13,14). The van der Waals surface area contributed by atoms with E-state index < -0.39 is 22.2 Å². The van der Waals surface area contributed by atoms with E-state index in [9.17, 15) is 13.2 Å². The summed E-state index contributed by atoms with van der Waals surface area (Å²) in [4.78, 5) is 10.8. The number of carbonyl (C=O) groups is 1. The van der Waals surface area contributed by atoms with E-state index >= 15 is 0 Å². The first-order valence-electron chi connectivity index (χ1n) is 5.74. The second kappa shape index (κ2) is 6.93. The zero-order valence-corrected chi connectivity index (χ0v) is 11.7. The summed E-state index contributed by atoms with van der Waals surface area (Å²) < 4.78 is 26.5. The molecule has 0 bridgehead atoms. The van der Waals surface area contributed by atoms with Gasteiger partial charge in [-0.25, -0.2) is 0 Å². The molecular formula is C10H22N2O4S. The Labute approximate surface area is 103 Å². The molecule has 0 aromatic carbocycles. The number of aliphatic carboxylic acids is 1. The monoisotopic (exact) mass is 266 g/mol. The molecule has 0 aromatic heterocycles. The Balaban J connectivity index is 5.00. The molecule has 1 N–H and O–H groups in total. The predicted molar refractivity (Wildman–Crippen MR) is 65.9 cm³/mol. The molecule has 17 heavy (non-hydrogen) atoms. The van der Waals surface area contributed by atoms with Gasteiger partial charge in [0.15, 0.2) is 0 Å². The molecule has 0 amide bonds. The highest BCUT2D eigenvalue weighted by Crippen LogP contribution is 2.11. The topological polar surface area (TPSA) is 77.9 Å². The van der Waals surface area contributed by atoms with E-state index in [1.165, 1.54) is 18.3 Å². The summed E-state index contributed by atoms with van der Waals surface area (Å²) in [5.41, 5.74) is 0. The summed E-state index contributed by atoms with van der Waals surface area (Å²) in [6.07, 6.45) is 1.41. The van der Waals surface area contributed by atoms with Crippen molar-refractivity contribution in [2.45, 2.75) is 39.7 Å². The summed E-state index contributed by atoms with van der Waals surface area (Å²) in [7, 11) is -2.39. The van der Waals surface area contributed by atoms with Crippen LogP contribution in [0.3, 0.4) is 0 Å². The van der Waals surface area contributed by atoms with Gasteiger partial charge in [-0.15, -0.1) is 0 Å². The third-order valence-corrected chi connectivity index (χ3v) is 4.60. The van der Waals surface area contributed by atoms with E-state index in [0.717, 1.165) is 4.31 Å². The Morgan fingerprint density at radius 3 is 1.94 bits per heavy atom. The van der Waals surface area contributed by atoms with Crippen molar-refractivity contribution in [3.63, 3.8) is 0 Å². The smallest absolute Gasteiger partial charge is 0.321 e. The summed E-state index contributed by atoms with van der Waals surface area (Å²) >= 11 is 0. The Bertz CT molecular complexity index is 336. The summed E-state index contributed by atoms with van der Waals surface area (Å²) in [6, 6.07) is -1.06. The number of rotatable bonds is 8. The number of carboxylic acid groups (broad SMARTS) is 1. The van der Waals surface area contributed by atoms with Crippen LogP contribution in [-0.4, -0.2) is 54.3 Å². The van der Waals surface area contributed by atoms with E-state index in [4.69, 9.17) is 5.11 Å². The van der Waals surface area contributed by atoms with Gasteiger partial charge in [0.05, 0.1) is 0 Å². The minimum Gasteiger partial charge on any atom is -0.480 e. The normalized spacial score (nSPS) is 14.2. The van der Waals surface area contributed by atoms with Crippen molar-refractivity contribution >= 4 is 16.2 Å². The molecular weight excluding hydrogens is 244 g/mol. The molecule has 0 aliphatic heterocycles. The van der Waals surface area contributed by atoms with Crippen LogP contribution in [0.5, 0.6) is 0 Å². The molecule has 0 heterocycles. The minimum absolute atomic E-state index is 0.410. The first-order chi connectivity index (χ1) is 7.78. The third kappa shape index (κ3) is 4.25. The molecule has 1 atom stereocenters. The quantitative estimate of drug-likeness (QED) is 0.703. The molecule has 0 aliphatic carbocycles. The zero-order chi connectivity index (χ0) is 13.6. The molecule has 7 heteroatoms. The largest absolute Gasteiger partial charge is 0.480 e. The van der Waals surface area contributed by atoms with Crippen LogP contribution < -0.4 is 0 Å². The van der Waals surface area contributed by atoms with Crippen molar-refractivity contribution < 1.29 is 18.3 Å². The van der Waals surface area contributed by atoms with Gasteiger partial charge in [0.25, 0.3) is 10.2 Å². The fourth-order valence-electron chi connectivity index (χ4n) is 1.38. The number of carboxylic acids is 1. The van der Waals surface area contributed by atoms with Gasteiger partial charge in [-0.2, -0.15) is 17.0 Å². The molecule has 0 saturated carbocycles. The molecule has 0 spiro atoms. The molecule has 6 nitrogen and oxygen atoms in total. The van der Waals surface area contributed by atoms with Crippen molar-refractivity contribution in [3.8, 4) is 0 Å². The Morgan fingerprint density at radius 2 is 1.65 bits per heavy atom. The lowest BCUT2D eigenvalue weighted by Gasteiger charge is -2.29. The summed E-state index contributed by atoms with van der Waals surface area (Å²) in [5.74, 6) is -1.15. The van der Waals surface area contributed by atoms with E-state index in [2.05, 4.69) is 0 Å². The van der Waals surface area contributed by atoms with E-state index in [0.29, 0.717) is 25.9 Å². The summed E-state index contributed by atoms with van der Waals surface area (Å²) in [6.45, 7) is 5.95. The SMILES string of the molecule is CCCN(CCC)S(=O)(=O)N(C)C(C)C(=O)O. The lowest BCUT2D eigenvalue weighted by atomic mass is 10.4. The van der Waals surface area contributed by atoms with E-state index in [-0.39, 0.29) is 0 Å². The second-order valence-electron chi connectivity index (χ2n) is 3.94. The maximum atomic E-state index is 12.1. The lowest BCUT2D eigenvalue weighted by Crippen LogP contribution is -2.48. The van der Waals surface area contributed by atoms with Crippen molar-refractivity contribution in [2.24, 2.45) is 0 Å². The third-order valence-electron chi connectivity index (χ3n) is 2.54. The molecule has 0 rings (SSSR count). The Hall–Kier alpha value is -0.660. The van der Waals surface area contributed by atoms with Gasteiger partial charge >= 0.3 is 5.97 Å². The average molecular weight is 266 g/mol. The minimum atomic E-state index is -3.68. The van der Waals surface area contributed by atoms with Gasteiger partial charge in [-0.05, 0) is 19.8 Å². The maximum Gasteiger partial charge on any atom is 0.321 e. The van der Waals surface area contributed by atoms with Gasteiger partial charge in [0, 0.05) is 20.1 Å².